The van der Waals surface area contributed by atoms with Gasteiger partial charge in [0.05, 0.1) is 5.92 Å². The first-order valence-corrected chi connectivity index (χ1v) is 4.92. The Morgan fingerprint density at radius 3 is 2.47 bits per heavy atom. The third kappa shape index (κ3) is 1.73. The molecule has 1 atom stereocenters. The molecule has 1 aliphatic heterocycles. The molecule has 3 heteroatoms. The zero-order valence-electron chi connectivity index (χ0n) is 8.77. The zero-order chi connectivity index (χ0) is 10.8. The van der Waals surface area contributed by atoms with Crippen molar-refractivity contribution in [3.8, 4) is 0 Å². The molecule has 3 nitrogen and oxygen atoms in total. The standard InChI is InChI=1S/C12H12N2O/c1-8-9(2)13-14-11(12(8)15)10-6-4-3-5-7-10/h3-8H,1-2H3. The van der Waals surface area contributed by atoms with Crippen molar-refractivity contribution in [2.45, 2.75) is 13.8 Å². The van der Waals surface area contributed by atoms with Crippen LogP contribution in [-0.4, -0.2) is 17.2 Å². The van der Waals surface area contributed by atoms with E-state index in [-0.39, 0.29) is 11.7 Å². The molecule has 0 N–H and O–H groups in total. The van der Waals surface area contributed by atoms with Crippen LogP contribution in [0, 0.1) is 5.92 Å². The lowest BCUT2D eigenvalue weighted by Gasteiger charge is -2.14. The van der Waals surface area contributed by atoms with Gasteiger partial charge in [-0.25, -0.2) is 0 Å². The molecule has 76 valence electrons. The Balaban J connectivity index is 2.43. The summed E-state index contributed by atoms with van der Waals surface area (Å²) in [5, 5.41) is 7.97. The van der Waals surface area contributed by atoms with E-state index in [0.717, 1.165) is 11.3 Å². The first-order chi connectivity index (χ1) is 7.20. The zero-order valence-corrected chi connectivity index (χ0v) is 8.77. The van der Waals surface area contributed by atoms with E-state index in [0.29, 0.717) is 5.71 Å². The number of hydrogen-bond donors (Lipinski definition) is 0. The fraction of sp³-hybridized carbons (Fsp3) is 0.250. The molecule has 0 bridgehead atoms. The molecule has 2 rings (SSSR count). The Bertz CT molecular complexity index is 446. The van der Waals surface area contributed by atoms with Crippen molar-refractivity contribution < 1.29 is 4.79 Å². The molecular weight excluding hydrogens is 188 g/mol. The van der Waals surface area contributed by atoms with Crippen molar-refractivity contribution in [3.05, 3.63) is 35.9 Å². The Hall–Kier alpha value is -1.77. The average molecular weight is 200 g/mol. The number of carbonyl (C=O) groups is 1. The molecule has 1 aliphatic rings. The highest BCUT2D eigenvalue weighted by molar-refractivity contribution is 6.50. The lowest BCUT2D eigenvalue weighted by molar-refractivity contribution is -0.114. The van der Waals surface area contributed by atoms with Gasteiger partial charge in [-0.2, -0.15) is 5.10 Å². The van der Waals surface area contributed by atoms with Crippen molar-refractivity contribution in [2.75, 3.05) is 0 Å². The van der Waals surface area contributed by atoms with Crippen molar-refractivity contribution in [1.29, 1.82) is 0 Å². The molecule has 0 saturated heterocycles. The van der Waals surface area contributed by atoms with Gasteiger partial charge in [-0.05, 0) is 13.8 Å². The Labute approximate surface area is 88.5 Å². The minimum atomic E-state index is -0.155. The summed E-state index contributed by atoms with van der Waals surface area (Å²) in [5.74, 6) is -0.105. The van der Waals surface area contributed by atoms with Gasteiger partial charge in [0, 0.05) is 11.3 Å². The second-order valence-corrected chi connectivity index (χ2v) is 3.64. The average Bonchev–Trinajstić information content (AvgIpc) is 2.27. The molecule has 0 amide bonds. The van der Waals surface area contributed by atoms with Gasteiger partial charge < -0.3 is 0 Å². The normalized spacial score (nSPS) is 20.9. The largest absolute Gasteiger partial charge is 0.292 e. The fourth-order valence-electron chi connectivity index (χ4n) is 1.46. The first kappa shape index (κ1) is 9.77. The predicted molar refractivity (Wildman–Crippen MR) is 60.3 cm³/mol. The van der Waals surface area contributed by atoms with E-state index in [2.05, 4.69) is 10.2 Å². The highest BCUT2D eigenvalue weighted by Crippen LogP contribution is 2.13. The molecule has 0 saturated carbocycles. The van der Waals surface area contributed by atoms with Crippen LogP contribution in [0.4, 0.5) is 0 Å². The third-order valence-corrected chi connectivity index (χ3v) is 2.61. The highest BCUT2D eigenvalue weighted by atomic mass is 16.1. The molecular formula is C12H12N2O. The Morgan fingerprint density at radius 1 is 1.13 bits per heavy atom. The molecule has 1 aromatic carbocycles. The van der Waals surface area contributed by atoms with Gasteiger partial charge in [-0.1, -0.05) is 30.3 Å². The number of ketones is 1. The van der Waals surface area contributed by atoms with Gasteiger partial charge in [-0.3, -0.25) is 4.79 Å². The van der Waals surface area contributed by atoms with Gasteiger partial charge in [0.2, 0.25) is 0 Å². The monoisotopic (exact) mass is 200 g/mol. The van der Waals surface area contributed by atoms with Gasteiger partial charge in [0.25, 0.3) is 0 Å². The lowest BCUT2D eigenvalue weighted by atomic mass is 9.93. The van der Waals surface area contributed by atoms with Crippen LogP contribution in [-0.2, 0) is 4.79 Å². The van der Waals surface area contributed by atoms with Crippen molar-refractivity contribution in [2.24, 2.45) is 16.1 Å². The van der Waals surface area contributed by atoms with Crippen molar-refractivity contribution >= 4 is 17.2 Å². The van der Waals surface area contributed by atoms with Gasteiger partial charge in [-0.15, -0.1) is 5.10 Å². The van der Waals surface area contributed by atoms with Crippen LogP contribution in [0.25, 0.3) is 0 Å². The molecule has 0 aromatic heterocycles. The van der Waals surface area contributed by atoms with Crippen LogP contribution >= 0.6 is 0 Å². The van der Waals surface area contributed by atoms with E-state index in [1.54, 1.807) is 0 Å². The predicted octanol–water partition coefficient (Wildman–Crippen LogP) is 2.07. The molecule has 0 aliphatic carbocycles. The minimum absolute atomic E-state index is 0.0497. The fourth-order valence-corrected chi connectivity index (χ4v) is 1.46. The molecule has 0 fully saturated rings. The van der Waals surface area contributed by atoms with Crippen LogP contribution < -0.4 is 0 Å². The Morgan fingerprint density at radius 2 is 1.80 bits per heavy atom. The maximum Gasteiger partial charge on any atom is 0.192 e. The number of Topliss-reactive ketones (excluding diaryl/α,β-unsaturated/α-hetero) is 1. The summed E-state index contributed by atoms with van der Waals surface area (Å²) in [6.45, 7) is 3.69. The van der Waals surface area contributed by atoms with E-state index in [1.807, 2.05) is 44.2 Å². The van der Waals surface area contributed by atoms with Crippen LogP contribution in [0.2, 0.25) is 0 Å². The first-order valence-electron chi connectivity index (χ1n) is 4.92. The summed E-state index contributed by atoms with van der Waals surface area (Å²) >= 11 is 0. The smallest absolute Gasteiger partial charge is 0.192 e. The van der Waals surface area contributed by atoms with E-state index in [1.165, 1.54) is 0 Å². The summed E-state index contributed by atoms with van der Waals surface area (Å²) in [5.41, 5.74) is 2.08. The van der Waals surface area contributed by atoms with E-state index >= 15 is 0 Å². The van der Waals surface area contributed by atoms with Gasteiger partial charge in [0.1, 0.15) is 5.71 Å². The van der Waals surface area contributed by atoms with Crippen molar-refractivity contribution in [1.82, 2.24) is 0 Å². The van der Waals surface area contributed by atoms with Gasteiger partial charge in [0.15, 0.2) is 5.78 Å². The van der Waals surface area contributed by atoms with Crippen LogP contribution in [0.1, 0.15) is 19.4 Å². The second-order valence-electron chi connectivity index (χ2n) is 3.64. The molecule has 1 heterocycles. The minimum Gasteiger partial charge on any atom is -0.292 e. The number of benzene rings is 1. The summed E-state index contributed by atoms with van der Waals surface area (Å²) in [6, 6.07) is 9.44. The van der Waals surface area contributed by atoms with Crippen LogP contribution in [0.5, 0.6) is 0 Å². The highest BCUT2D eigenvalue weighted by Gasteiger charge is 2.26. The topological polar surface area (TPSA) is 41.8 Å². The van der Waals surface area contributed by atoms with Crippen LogP contribution in [0.15, 0.2) is 40.5 Å². The maximum atomic E-state index is 11.9. The quantitative estimate of drug-likeness (QED) is 0.684. The second kappa shape index (κ2) is 3.77. The summed E-state index contributed by atoms with van der Waals surface area (Å²) in [4.78, 5) is 11.9. The van der Waals surface area contributed by atoms with E-state index < -0.39 is 0 Å². The molecule has 15 heavy (non-hydrogen) atoms. The summed E-state index contributed by atoms with van der Waals surface area (Å²) < 4.78 is 0. The molecule has 1 aromatic rings. The number of rotatable bonds is 1. The van der Waals surface area contributed by atoms with Gasteiger partial charge >= 0.3 is 0 Å². The summed E-state index contributed by atoms with van der Waals surface area (Å²) in [6.07, 6.45) is 0. The number of carbonyl (C=O) groups excluding carboxylic acids is 1. The van der Waals surface area contributed by atoms with Crippen LogP contribution in [0.3, 0.4) is 0 Å². The molecule has 0 radical (unpaired) electrons. The number of nitrogens with zero attached hydrogens (tertiary/aromatic N) is 2. The SMILES string of the molecule is CC1=NN=C(c2ccccc2)C(=O)C1C. The number of hydrogen-bond acceptors (Lipinski definition) is 3. The van der Waals surface area contributed by atoms with Crippen molar-refractivity contribution in [3.63, 3.8) is 0 Å². The van der Waals surface area contributed by atoms with E-state index in [4.69, 9.17) is 0 Å². The summed E-state index contributed by atoms with van der Waals surface area (Å²) in [7, 11) is 0. The lowest BCUT2D eigenvalue weighted by Crippen LogP contribution is -2.30. The Kier molecular flexibility index (Phi) is 2.46. The van der Waals surface area contributed by atoms with E-state index in [9.17, 15) is 4.79 Å². The molecule has 0 spiro atoms. The molecule has 1 unspecified atom stereocenters. The third-order valence-electron chi connectivity index (χ3n) is 2.61. The maximum absolute atomic E-state index is 11.9.